The average Bonchev–Trinajstić information content (AvgIpc) is 2.00. The van der Waals surface area contributed by atoms with Gasteiger partial charge in [-0.1, -0.05) is 13.8 Å². The quantitative estimate of drug-likeness (QED) is 0.606. The highest BCUT2D eigenvalue weighted by Gasteiger charge is 2.14. The topological polar surface area (TPSA) is 58.6 Å². The smallest absolute Gasteiger partial charge is 0.246 e. The number of ether oxygens (including phenoxy) is 1. The summed E-state index contributed by atoms with van der Waals surface area (Å²) >= 11 is 0. The molecule has 0 radical (unpaired) electrons. The minimum absolute atomic E-state index is 0.0346. The van der Waals surface area contributed by atoms with Crippen molar-refractivity contribution in [2.75, 3.05) is 20.3 Å². The SMILES string of the molecule is COCC(=O)NC(CO)C(C)C. The van der Waals surface area contributed by atoms with E-state index in [4.69, 9.17) is 5.11 Å². The lowest BCUT2D eigenvalue weighted by Crippen LogP contribution is -2.42. The minimum Gasteiger partial charge on any atom is -0.394 e. The highest BCUT2D eigenvalue weighted by Crippen LogP contribution is 1.99. The Morgan fingerprint density at radius 2 is 2.17 bits per heavy atom. The molecule has 0 aromatic rings. The van der Waals surface area contributed by atoms with Crippen molar-refractivity contribution in [1.82, 2.24) is 5.32 Å². The first kappa shape index (κ1) is 11.4. The zero-order valence-corrected chi connectivity index (χ0v) is 7.83. The predicted octanol–water partition coefficient (Wildman–Crippen LogP) is -0.234. The van der Waals surface area contributed by atoms with Gasteiger partial charge in [-0.2, -0.15) is 0 Å². The molecule has 4 nitrogen and oxygen atoms in total. The lowest BCUT2D eigenvalue weighted by atomic mass is 10.1. The van der Waals surface area contributed by atoms with Crippen molar-refractivity contribution in [1.29, 1.82) is 0 Å². The highest BCUT2D eigenvalue weighted by molar-refractivity contribution is 5.77. The van der Waals surface area contributed by atoms with Gasteiger partial charge in [-0.05, 0) is 5.92 Å². The molecule has 0 heterocycles. The minimum atomic E-state index is -0.190. The number of nitrogens with one attached hydrogen (secondary N) is 1. The van der Waals surface area contributed by atoms with Gasteiger partial charge in [-0.15, -0.1) is 0 Å². The molecule has 4 heteroatoms. The fourth-order valence-corrected chi connectivity index (χ4v) is 0.803. The van der Waals surface area contributed by atoms with Crippen LogP contribution in [0.4, 0.5) is 0 Å². The van der Waals surface area contributed by atoms with E-state index in [0.717, 1.165) is 0 Å². The molecule has 0 aliphatic rings. The lowest BCUT2D eigenvalue weighted by molar-refractivity contribution is -0.126. The fourth-order valence-electron chi connectivity index (χ4n) is 0.803. The summed E-state index contributed by atoms with van der Waals surface area (Å²) in [5.74, 6) is 0.0426. The van der Waals surface area contributed by atoms with E-state index in [1.807, 2.05) is 13.8 Å². The number of methoxy groups -OCH3 is 1. The molecule has 0 fully saturated rings. The molecule has 0 rings (SSSR count). The number of hydrogen-bond donors (Lipinski definition) is 2. The second-order valence-corrected chi connectivity index (χ2v) is 3.03. The third-order valence-corrected chi connectivity index (χ3v) is 1.62. The summed E-state index contributed by atoms with van der Waals surface area (Å²) in [6.07, 6.45) is 0. The molecular formula is C8H17NO3. The van der Waals surface area contributed by atoms with Gasteiger partial charge >= 0.3 is 0 Å². The van der Waals surface area contributed by atoms with Crippen LogP contribution in [0.5, 0.6) is 0 Å². The number of aliphatic hydroxyl groups is 1. The van der Waals surface area contributed by atoms with Crippen LogP contribution in [-0.4, -0.2) is 37.4 Å². The Kier molecular flexibility index (Phi) is 5.66. The van der Waals surface area contributed by atoms with Gasteiger partial charge in [-0.3, -0.25) is 4.79 Å². The second-order valence-electron chi connectivity index (χ2n) is 3.03. The van der Waals surface area contributed by atoms with E-state index in [-0.39, 0.29) is 31.1 Å². The van der Waals surface area contributed by atoms with E-state index in [2.05, 4.69) is 10.1 Å². The van der Waals surface area contributed by atoms with Crippen LogP contribution in [0.1, 0.15) is 13.8 Å². The summed E-state index contributed by atoms with van der Waals surface area (Å²) in [5.41, 5.74) is 0. The summed E-state index contributed by atoms with van der Waals surface area (Å²) in [6.45, 7) is 3.89. The third kappa shape index (κ3) is 4.31. The van der Waals surface area contributed by atoms with Crippen molar-refractivity contribution in [3.63, 3.8) is 0 Å². The van der Waals surface area contributed by atoms with E-state index >= 15 is 0 Å². The molecule has 1 unspecified atom stereocenters. The largest absolute Gasteiger partial charge is 0.394 e. The summed E-state index contributed by atoms with van der Waals surface area (Å²) in [4.78, 5) is 11.0. The third-order valence-electron chi connectivity index (χ3n) is 1.62. The molecule has 12 heavy (non-hydrogen) atoms. The molecule has 0 aromatic heterocycles. The number of hydrogen-bond acceptors (Lipinski definition) is 3. The Balaban J connectivity index is 3.77. The first-order valence-corrected chi connectivity index (χ1v) is 4.01. The number of amides is 1. The van der Waals surface area contributed by atoms with Crippen molar-refractivity contribution in [3.05, 3.63) is 0 Å². The Bertz CT molecular complexity index is 136. The summed E-state index contributed by atoms with van der Waals surface area (Å²) in [6, 6.07) is -0.173. The van der Waals surface area contributed by atoms with E-state index in [9.17, 15) is 4.79 Å². The molecule has 72 valence electrons. The Labute approximate surface area is 72.9 Å². The Morgan fingerprint density at radius 3 is 2.50 bits per heavy atom. The molecule has 0 bridgehead atoms. The molecule has 2 N–H and O–H groups in total. The molecule has 0 spiro atoms. The Morgan fingerprint density at radius 1 is 1.58 bits per heavy atom. The molecular weight excluding hydrogens is 158 g/mol. The van der Waals surface area contributed by atoms with Crippen molar-refractivity contribution in [3.8, 4) is 0 Å². The zero-order valence-electron chi connectivity index (χ0n) is 7.83. The van der Waals surface area contributed by atoms with E-state index in [0.29, 0.717) is 0 Å². The maximum absolute atomic E-state index is 11.0. The normalized spacial score (nSPS) is 13.1. The summed E-state index contributed by atoms with van der Waals surface area (Å²) < 4.78 is 4.64. The average molecular weight is 175 g/mol. The molecule has 0 aliphatic heterocycles. The van der Waals surface area contributed by atoms with Crippen molar-refractivity contribution in [2.24, 2.45) is 5.92 Å². The van der Waals surface area contributed by atoms with Gasteiger partial charge in [0.25, 0.3) is 0 Å². The second kappa shape index (κ2) is 5.97. The van der Waals surface area contributed by atoms with Gasteiger partial charge in [0.05, 0.1) is 12.6 Å². The van der Waals surface area contributed by atoms with Crippen molar-refractivity contribution >= 4 is 5.91 Å². The van der Waals surface area contributed by atoms with Gasteiger partial charge < -0.3 is 15.2 Å². The first-order chi connectivity index (χ1) is 5.61. The molecule has 0 aliphatic carbocycles. The molecule has 1 amide bonds. The molecule has 0 saturated heterocycles. The van der Waals surface area contributed by atoms with Gasteiger partial charge in [0.2, 0.25) is 5.91 Å². The van der Waals surface area contributed by atoms with Gasteiger partial charge in [0, 0.05) is 7.11 Å². The summed E-state index contributed by atoms with van der Waals surface area (Å²) in [7, 11) is 1.46. The standard InChI is InChI=1S/C8H17NO3/c1-6(2)7(4-10)9-8(11)5-12-3/h6-7,10H,4-5H2,1-3H3,(H,9,11). The van der Waals surface area contributed by atoms with E-state index < -0.39 is 0 Å². The van der Waals surface area contributed by atoms with Crippen LogP contribution in [0.2, 0.25) is 0 Å². The van der Waals surface area contributed by atoms with Crippen LogP contribution in [0.25, 0.3) is 0 Å². The van der Waals surface area contributed by atoms with Gasteiger partial charge in [-0.25, -0.2) is 0 Å². The Hall–Kier alpha value is -0.610. The number of rotatable bonds is 5. The van der Waals surface area contributed by atoms with Crippen LogP contribution < -0.4 is 5.32 Å². The monoisotopic (exact) mass is 175 g/mol. The summed E-state index contributed by atoms with van der Waals surface area (Å²) in [5, 5.41) is 11.5. The van der Waals surface area contributed by atoms with Crippen LogP contribution >= 0.6 is 0 Å². The molecule has 0 saturated carbocycles. The van der Waals surface area contributed by atoms with Crippen molar-refractivity contribution < 1.29 is 14.6 Å². The predicted molar refractivity (Wildman–Crippen MR) is 45.7 cm³/mol. The van der Waals surface area contributed by atoms with Gasteiger partial charge in [0.15, 0.2) is 0 Å². The first-order valence-electron chi connectivity index (χ1n) is 4.01. The lowest BCUT2D eigenvalue weighted by Gasteiger charge is -2.19. The van der Waals surface area contributed by atoms with E-state index in [1.165, 1.54) is 7.11 Å². The number of aliphatic hydroxyl groups excluding tert-OH is 1. The van der Waals surface area contributed by atoms with Crippen LogP contribution in [0, 0.1) is 5.92 Å². The fraction of sp³-hybridized carbons (Fsp3) is 0.875. The van der Waals surface area contributed by atoms with Crippen LogP contribution in [-0.2, 0) is 9.53 Å². The van der Waals surface area contributed by atoms with Crippen molar-refractivity contribution in [2.45, 2.75) is 19.9 Å². The highest BCUT2D eigenvalue weighted by atomic mass is 16.5. The molecule has 0 aromatic carbocycles. The maximum Gasteiger partial charge on any atom is 0.246 e. The number of carbonyl (C=O) groups excluding carboxylic acids is 1. The van der Waals surface area contributed by atoms with Crippen LogP contribution in [0.15, 0.2) is 0 Å². The van der Waals surface area contributed by atoms with Gasteiger partial charge in [0.1, 0.15) is 6.61 Å². The number of carbonyl (C=O) groups is 1. The van der Waals surface area contributed by atoms with Crippen LogP contribution in [0.3, 0.4) is 0 Å². The maximum atomic E-state index is 11.0. The van der Waals surface area contributed by atoms with E-state index in [1.54, 1.807) is 0 Å². The molecule has 1 atom stereocenters. The zero-order chi connectivity index (χ0) is 9.56.